The molecule has 2 atom stereocenters. The highest BCUT2D eigenvalue weighted by molar-refractivity contribution is 6.31. The third-order valence-electron chi connectivity index (χ3n) is 6.05. The number of amides is 1. The van der Waals surface area contributed by atoms with E-state index < -0.39 is 0 Å². The Bertz CT molecular complexity index is 1060. The molecular formula is C26H30ClN3O2. The van der Waals surface area contributed by atoms with Gasteiger partial charge in [-0.15, -0.1) is 0 Å². The average Bonchev–Trinajstić information content (AvgIpc) is 3.22. The van der Waals surface area contributed by atoms with E-state index in [1.807, 2.05) is 24.3 Å². The number of methoxy groups -OCH3 is 1. The summed E-state index contributed by atoms with van der Waals surface area (Å²) in [6.45, 7) is 3.23. The van der Waals surface area contributed by atoms with Gasteiger partial charge in [0.05, 0.1) is 12.6 Å². The minimum absolute atomic E-state index is 0.0455. The molecule has 6 heteroatoms. The molecule has 0 unspecified atom stereocenters. The number of carbonyl (C=O) groups is 1. The molecule has 0 spiro atoms. The van der Waals surface area contributed by atoms with E-state index in [1.165, 1.54) is 16.3 Å². The van der Waals surface area contributed by atoms with Gasteiger partial charge in [-0.1, -0.05) is 66.2 Å². The van der Waals surface area contributed by atoms with Gasteiger partial charge in [-0.2, -0.15) is 0 Å². The van der Waals surface area contributed by atoms with Gasteiger partial charge in [0.25, 0.3) is 0 Å². The summed E-state index contributed by atoms with van der Waals surface area (Å²) in [7, 11) is 1.64. The molecular weight excluding hydrogens is 422 g/mol. The molecule has 1 aliphatic rings. The number of ether oxygens (including phenoxy) is 1. The number of halogens is 1. The lowest BCUT2D eigenvalue weighted by molar-refractivity contribution is -0.125. The first-order chi connectivity index (χ1) is 15.6. The summed E-state index contributed by atoms with van der Waals surface area (Å²) in [5.41, 5.74) is 2.29. The summed E-state index contributed by atoms with van der Waals surface area (Å²) in [4.78, 5) is 15.1. The van der Waals surface area contributed by atoms with Gasteiger partial charge >= 0.3 is 0 Å². The number of hydrogen-bond acceptors (Lipinski definition) is 4. The number of fused-ring (bicyclic) bond motifs is 1. The summed E-state index contributed by atoms with van der Waals surface area (Å²) in [6, 6.07) is 22.8. The molecule has 0 bridgehead atoms. The first kappa shape index (κ1) is 22.7. The molecule has 4 rings (SSSR count). The highest BCUT2D eigenvalue weighted by Gasteiger charge is 2.36. The SMILES string of the molecule is COCCNC(=O)[C@@H]1C[C@H](NCc2ccc3ccccc3c2)CN1Cc1ccccc1Cl. The number of nitrogens with zero attached hydrogens (tertiary/aromatic N) is 1. The summed E-state index contributed by atoms with van der Waals surface area (Å²) >= 11 is 6.40. The fourth-order valence-electron chi connectivity index (χ4n) is 4.35. The molecule has 1 heterocycles. The first-order valence-electron chi connectivity index (χ1n) is 11.1. The maximum absolute atomic E-state index is 12.9. The Labute approximate surface area is 194 Å². The molecule has 0 saturated carbocycles. The Morgan fingerprint density at radius 3 is 2.69 bits per heavy atom. The number of carbonyl (C=O) groups excluding carboxylic acids is 1. The molecule has 0 radical (unpaired) electrons. The van der Waals surface area contributed by atoms with E-state index >= 15 is 0 Å². The Morgan fingerprint density at radius 2 is 1.88 bits per heavy atom. The lowest BCUT2D eigenvalue weighted by Gasteiger charge is -2.24. The van der Waals surface area contributed by atoms with Crippen molar-refractivity contribution >= 4 is 28.3 Å². The van der Waals surface area contributed by atoms with Gasteiger partial charge in [-0.25, -0.2) is 0 Å². The van der Waals surface area contributed by atoms with E-state index in [4.69, 9.17) is 16.3 Å². The second-order valence-corrected chi connectivity index (χ2v) is 8.72. The van der Waals surface area contributed by atoms with Crippen LogP contribution in [0.1, 0.15) is 17.5 Å². The van der Waals surface area contributed by atoms with Crippen molar-refractivity contribution in [3.63, 3.8) is 0 Å². The molecule has 168 valence electrons. The molecule has 2 N–H and O–H groups in total. The summed E-state index contributed by atoms with van der Waals surface area (Å²) in [5.74, 6) is 0.0455. The van der Waals surface area contributed by atoms with Crippen LogP contribution in [0.2, 0.25) is 5.02 Å². The molecule has 1 saturated heterocycles. The van der Waals surface area contributed by atoms with Gasteiger partial charge in [0.1, 0.15) is 0 Å². The molecule has 0 aromatic heterocycles. The van der Waals surface area contributed by atoms with Gasteiger partial charge in [0, 0.05) is 44.4 Å². The third-order valence-corrected chi connectivity index (χ3v) is 6.42. The zero-order valence-corrected chi connectivity index (χ0v) is 19.1. The van der Waals surface area contributed by atoms with Crippen LogP contribution in [0.3, 0.4) is 0 Å². The standard InChI is InChI=1S/C26H30ClN3O2/c1-32-13-12-28-26(31)25-15-23(18-30(25)17-22-8-4-5-9-24(22)27)29-16-19-10-11-20-6-2-3-7-21(20)14-19/h2-11,14,23,25,29H,12-13,15-18H2,1H3,(H,28,31)/t23-,25-/m0/s1. The molecule has 0 aliphatic carbocycles. The van der Waals surface area contributed by atoms with Crippen molar-refractivity contribution in [3.8, 4) is 0 Å². The Balaban J connectivity index is 1.42. The normalized spacial score (nSPS) is 18.8. The van der Waals surface area contributed by atoms with Crippen LogP contribution in [0.25, 0.3) is 10.8 Å². The number of likely N-dealkylation sites (tertiary alicyclic amines) is 1. The van der Waals surface area contributed by atoms with Gasteiger partial charge in [-0.3, -0.25) is 9.69 Å². The summed E-state index contributed by atoms with van der Waals surface area (Å²) < 4.78 is 5.07. The van der Waals surface area contributed by atoms with Crippen LogP contribution >= 0.6 is 11.6 Å². The van der Waals surface area contributed by atoms with Crippen molar-refractivity contribution in [2.45, 2.75) is 31.6 Å². The third kappa shape index (κ3) is 5.67. The lowest BCUT2D eigenvalue weighted by atomic mass is 10.1. The van der Waals surface area contributed by atoms with Crippen LogP contribution in [0.15, 0.2) is 66.7 Å². The van der Waals surface area contributed by atoms with Crippen molar-refractivity contribution in [2.24, 2.45) is 0 Å². The number of benzene rings is 3. The van der Waals surface area contributed by atoms with Crippen molar-refractivity contribution in [2.75, 3.05) is 26.8 Å². The molecule has 1 amide bonds. The van der Waals surface area contributed by atoms with Crippen LogP contribution in [-0.2, 0) is 22.6 Å². The smallest absolute Gasteiger partial charge is 0.237 e. The molecule has 1 aliphatic heterocycles. The lowest BCUT2D eigenvalue weighted by Crippen LogP contribution is -2.43. The van der Waals surface area contributed by atoms with Crippen LogP contribution < -0.4 is 10.6 Å². The minimum Gasteiger partial charge on any atom is -0.383 e. The van der Waals surface area contributed by atoms with Crippen LogP contribution in [0.4, 0.5) is 0 Å². The number of rotatable bonds is 9. The molecule has 3 aromatic carbocycles. The minimum atomic E-state index is -0.197. The van der Waals surface area contributed by atoms with Crippen molar-refractivity contribution in [1.29, 1.82) is 0 Å². The van der Waals surface area contributed by atoms with Crippen molar-refractivity contribution in [1.82, 2.24) is 15.5 Å². The van der Waals surface area contributed by atoms with E-state index in [2.05, 4.69) is 58.0 Å². The molecule has 32 heavy (non-hydrogen) atoms. The topological polar surface area (TPSA) is 53.6 Å². The van der Waals surface area contributed by atoms with E-state index in [0.717, 1.165) is 30.1 Å². The zero-order valence-electron chi connectivity index (χ0n) is 18.4. The largest absolute Gasteiger partial charge is 0.383 e. The van der Waals surface area contributed by atoms with Crippen molar-refractivity contribution in [3.05, 3.63) is 82.9 Å². The summed E-state index contributed by atoms with van der Waals surface area (Å²) in [5, 5.41) is 9.90. The fourth-order valence-corrected chi connectivity index (χ4v) is 4.54. The Morgan fingerprint density at radius 1 is 1.09 bits per heavy atom. The van der Waals surface area contributed by atoms with E-state index in [0.29, 0.717) is 19.7 Å². The molecule has 1 fully saturated rings. The van der Waals surface area contributed by atoms with Crippen molar-refractivity contribution < 1.29 is 9.53 Å². The fraction of sp³-hybridized carbons (Fsp3) is 0.346. The second kappa shape index (κ2) is 10.9. The second-order valence-electron chi connectivity index (χ2n) is 8.32. The highest BCUT2D eigenvalue weighted by Crippen LogP contribution is 2.25. The summed E-state index contributed by atoms with van der Waals surface area (Å²) in [6.07, 6.45) is 0.761. The predicted molar refractivity (Wildman–Crippen MR) is 130 cm³/mol. The predicted octanol–water partition coefficient (Wildman–Crippen LogP) is 3.99. The monoisotopic (exact) mass is 451 g/mol. The van der Waals surface area contributed by atoms with Crippen LogP contribution in [0, 0.1) is 0 Å². The zero-order chi connectivity index (χ0) is 22.3. The quantitative estimate of drug-likeness (QED) is 0.483. The number of hydrogen-bond donors (Lipinski definition) is 2. The van der Waals surface area contributed by atoms with Gasteiger partial charge < -0.3 is 15.4 Å². The first-order valence-corrected chi connectivity index (χ1v) is 11.5. The maximum Gasteiger partial charge on any atom is 0.237 e. The van der Waals surface area contributed by atoms with E-state index in [1.54, 1.807) is 7.11 Å². The van der Waals surface area contributed by atoms with E-state index in [9.17, 15) is 4.79 Å². The molecule has 3 aromatic rings. The Kier molecular flexibility index (Phi) is 7.76. The highest BCUT2D eigenvalue weighted by atomic mass is 35.5. The van der Waals surface area contributed by atoms with E-state index in [-0.39, 0.29) is 18.0 Å². The van der Waals surface area contributed by atoms with Crippen LogP contribution in [-0.4, -0.2) is 49.7 Å². The Hall–Kier alpha value is -2.44. The van der Waals surface area contributed by atoms with Gasteiger partial charge in [0.15, 0.2) is 0 Å². The maximum atomic E-state index is 12.9. The van der Waals surface area contributed by atoms with Gasteiger partial charge in [-0.05, 0) is 40.5 Å². The number of nitrogens with one attached hydrogen (secondary N) is 2. The average molecular weight is 452 g/mol. The van der Waals surface area contributed by atoms with Gasteiger partial charge in [0.2, 0.25) is 5.91 Å². The van der Waals surface area contributed by atoms with Crippen LogP contribution in [0.5, 0.6) is 0 Å². The molecule has 5 nitrogen and oxygen atoms in total.